The van der Waals surface area contributed by atoms with E-state index in [4.69, 9.17) is 4.74 Å². The van der Waals surface area contributed by atoms with Crippen molar-refractivity contribution in [1.29, 1.82) is 0 Å². The van der Waals surface area contributed by atoms with E-state index in [0.717, 1.165) is 21.3 Å². The van der Waals surface area contributed by atoms with Gasteiger partial charge in [0.05, 0.1) is 10.4 Å². The van der Waals surface area contributed by atoms with Gasteiger partial charge in [0.1, 0.15) is 17.1 Å². The molecule has 0 aliphatic heterocycles. The Morgan fingerprint density at radius 1 is 1.04 bits per heavy atom. The van der Waals surface area contributed by atoms with Crippen LogP contribution in [0.25, 0.3) is 0 Å². The number of para-hydroxylation sites is 1. The highest BCUT2D eigenvalue weighted by Gasteiger charge is 2.42. The first-order chi connectivity index (χ1) is 12.4. The van der Waals surface area contributed by atoms with E-state index in [1.807, 2.05) is 54.6 Å². The molecule has 0 radical (unpaired) electrons. The van der Waals surface area contributed by atoms with E-state index < -0.39 is 5.60 Å². The number of hydrogen-bond donors (Lipinski definition) is 1. The molecule has 26 heavy (non-hydrogen) atoms. The van der Waals surface area contributed by atoms with E-state index in [9.17, 15) is 5.11 Å². The second-order valence-electron chi connectivity index (χ2n) is 7.15. The summed E-state index contributed by atoms with van der Waals surface area (Å²) in [6, 6.07) is 17.7. The van der Waals surface area contributed by atoms with Crippen LogP contribution < -0.4 is 4.74 Å². The van der Waals surface area contributed by atoms with Gasteiger partial charge in [-0.3, -0.25) is 4.98 Å². The molecule has 0 bridgehead atoms. The average Bonchev–Trinajstić information content (AvgIpc) is 3.15. The van der Waals surface area contributed by atoms with Gasteiger partial charge in [0.2, 0.25) is 0 Å². The number of hydrogen-bond acceptors (Lipinski definition) is 5. The highest BCUT2D eigenvalue weighted by atomic mass is 32.2. The number of thiazole rings is 1. The summed E-state index contributed by atoms with van der Waals surface area (Å²) in [7, 11) is 0. The quantitative estimate of drug-likeness (QED) is 0.532. The maximum atomic E-state index is 11.4. The summed E-state index contributed by atoms with van der Waals surface area (Å²) in [6.45, 7) is 6.17. The van der Waals surface area contributed by atoms with Crippen molar-refractivity contribution in [2.24, 2.45) is 5.41 Å². The average molecular weight is 386 g/mol. The molecule has 136 valence electrons. The summed E-state index contributed by atoms with van der Waals surface area (Å²) in [5, 5.41) is 11.4. The van der Waals surface area contributed by atoms with Crippen molar-refractivity contribution in [1.82, 2.24) is 4.98 Å². The van der Waals surface area contributed by atoms with Gasteiger partial charge in [0, 0.05) is 16.8 Å². The normalized spacial score (nSPS) is 14.0. The molecular formula is C21H23NO2S2. The molecule has 0 amide bonds. The van der Waals surface area contributed by atoms with Crippen molar-refractivity contribution in [2.45, 2.75) is 31.3 Å². The third kappa shape index (κ3) is 4.29. The molecule has 0 spiro atoms. The molecule has 0 aliphatic rings. The predicted octanol–water partition coefficient (Wildman–Crippen LogP) is 5.96. The molecule has 0 saturated heterocycles. The maximum absolute atomic E-state index is 11.4. The minimum Gasteiger partial charge on any atom is -0.457 e. The van der Waals surface area contributed by atoms with Crippen molar-refractivity contribution >= 4 is 23.1 Å². The van der Waals surface area contributed by atoms with Crippen LogP contribution >= 0.6 is 23.1 Å². The standard InChI is InChI=1S/C21H23NO2S2/c1-20(2,3)21(23,19-13-22-15-26-19)14-25-18-11-7-10-17(12-18)24-16-8-5-4-6-9-16/h4-13,15,23H,14H2,1-3H3. The van der Waals surface area contributed by atoms with Gasteiger partial charge in [-0.15, -0.1) is 23.1 Å². The molecule has 1 heterocycles. The monoisotopic (exact) mass is 385 g/mol. The fourth-order valence-corrected chi connectivity index (χ4v) is 4.88. The number of rotatable bonds is 6. The number of aliphatic hydroxyl groups is 1. The minimum absolute atomic E-state index is 0.301. The number of benzene rings is 2. The lowest BCUT2D eigenvalue weighted by atomic mass is 9.77. The molecule has 1 atom stereocenters. The lowest BCUT2D eigenvalue weighted by Crippen LogP contribution is -2.41. The van der Waals surface area contributed by atoms with Gasteiger partial charge in [-0.25, -0.2) is 0 Å². The van der Waals surface area contributed by atoms with Crippen molar-refractivity contribution in [3.8, 4) is 11.5 Å². The Morgan fingerprint density at radius 2 is 1.77 bits per heavy atom. The van der Waals surface area contributed by atoms with Crippen LogP contribution in [-0.4, -0.2) is 15.8 Å². The van der Waals surface area contributed by atoms with Gasteiger partial charge >= 0.3 is 0 Å². The highest BCUT2D eigenvalue weighted by Crippen LogP contribution is 2.44. The predicted molar refractivity (Wildman–Crippen MR) is 109 cm³/mol. The van der Waals surface area contributed by atoms with E-state index in [2.05, 4.69) is 25.8 Å². The molecule has 3 aromatic rings. The van der Waals surface area contributed by atoms with Crippen LogP contribution in [0.5, 0.6) is 11.5 Å². The molecule has 1 N–H and O–H groups in total. The summed E-state index contributed by atoms with van der Waals surface area (Å²) in [5.41, 5.74) is 0.519. The van der Waals surface area contributed by atoms with Crippen molar-refractivity contribution in [2.75, 3.05) is 5.75 Å². The van der Waals surface area contributed by atoms with Gasteiger partial charge in [-0.05, 0) is 35.7 Å². The van der Waals surface area contributed by atoms with E-state index in [1.54, 1.807) is 23.5 Å². The fourth-order valence-electron chi connectivity index (χ4n) is 2.52. The molecule has 1 unspecified atom stereocenters. The van der Waals surface area contributed by atoms with E-state index in [0.29, 0.717) is 5.75 Å². The van der Waals surface area contributed by atoms with E-state index in [1.165, 1.54) is 11.3 Å². The Kier molecular flexibility index (Phi) is 5.70. The molecule has 2 aromatic carbocycles. The molecule has 1 aromatic heterocycles. The summed E-state index contributed by atoms with van der Waals surface area (Å²) < 4.78 is 5.91. The Bertz CT molecular complexity index is 829. The summed E-state index contributed by atoms with van der Waals surface area (Å²) in [5.74, 6) is 2.15. The Hall–Kier alpha value is -1.82. The number of thioether (sulfide) groups is 1. The Balaban J connectivity index is 1.75. The first-order valence-corrected chi connectivity index (χ1v) is 10.3. The van der Waals surface area contributed by atoms with Gasteiger partial charge in [-0.1, -0.05) is 45.0 Å². The van der Waals surface area contributed by atoms with E-state index >= 15 is 0 Å². The largest absolute Gasteiger partial charge is 0.457 e. The first kappa shape index (κ1) is 19.0. The van der Waals surface area contributed by atoms with Gasteiger partial charge in [0.15, 0.2) is 0 Å². The zero-order valence-electron chi connectivity index (χ0n) is 15.2. The summed E-state index contributed by atoms with van der Waals surface area (Å²) >= 11 is 3.12. The van der Waals surface area contributed by atoms with Crippen molar-refractivity contribution < 1.29 is 9.84 Å². The van der Waals surface area contributed by atoms with Crippen LogP contribution in [0.2, 0.25) is 0 Å². The van der Waals surface area contributed by atoms with E-state index in [-0.39, 0.29) is 5.41 Å². The molecule has 0 saturated carbocycles. The maximum Gasteiger partial charge on any atom is 0.128 e. The van der Waals surface area contributed by atoms with Crippen molar-refractivity contribution in [3.63, 3.8) is 0 Å². The highest BCUT2D eigenvalue weighted by molar-refractivity contribution is 7.99. The van der Waals surface area contributed by atoms with Crippen molar-refractivity contribution in [3.05, 3.63) is 71.2 Å². The van der Waals surface area contributed by atoms with Gasteiger partial charge in [0.25, 0.3) is 0 Å². The topological polar surface area (TPSA) is 42.4 Å². The molecule has 3 rings (SSSR count). The second-order valence-corrected chi connectivity index (χ2v) is 9.09. The molecular weight excluding hydrogens is 362 g/mol. The number of aromatic nitrogens is 1. The zero-order valence-corrected chi connectivity index (χ0v) is 16.8. The molecule has 5 heteroatoms. The lowest BCUT2D eigenvalue weighted by Gasteiger charge is -2.39. The Morgan fingerprint density at radius 3 is 2.42 bits per heavy atom. The SMILES string of the molecule is CC(C)(C)C(O)(CSc1cccc(Oc2ccccc2)c1)c1cncs1. The Labute approximate surface area is 163 Å². The minimum atomic E-state index is -0.949. The van der Waals surface area contributed by atoms with Gasteiger partial charge in [-0.2, -0.15) is 0 Å². The van der Waals surface area contributed by atoms with Crippen LogP contribution in [0, 0.1) is 5.41 Å². The van der Waals surface area contributed by atoms with Crippen LogP contribution in [0.4, 0.5) is 0 Å². The summed E-state index contributed by atoms with van der Waals surface area (Å²) in [6.07, 6.45) is 1.77. The molecule has 0 fully saturated rings. The third-order valence-electron chi connectivity index (χ3n) is 4.31. The van der Waals surface area contributed by atoms with Crippen LogP contribution in [0.15, 0.2) is 71.2 Å². The summed E-state index contributed by atoms with van der Waals surface area (Å²) in [4.78, 5) is 6.11. The number of nitrogens with zero attached hydrogens (tertiary/aromatic N) is 1. The lowest BCUT2D eigenvalue weighted by molar-refractivity contribution is -0.0392. The van der Waals surface area contributed by atoms with Crippen LogP contribution in [-0.2, 0) is 5.60 Å². The molecule has 3 nitrogen and oxygen atoms in total. The van der Waals surface area contributed by atoms with Crippen LogP contribution in [0.1, 0.15) is 25.6 Å². The van der Waals surface area contributed by atoms with Crippen LogP contribution in [0.3, 0.4) is 0 Å². The first-order valence-electron chi connectivity index (χ1n) is 8.46. The smallest absolute Gasteiger partial charge is 0.128 e. The second kappa shape index (κ2) is 7.82. The van der Waals surface area contributed by atoms with Gasteiger partial charge < -0.3 is 9.84 Å². The molecule has 0 aliphatic carbocycles. The zero-order chi connectivity index (χ0) is 18.6. The third-order valence-corrected chi connectivity index (χ3v) is 6.39. The number of ether oxygens (including phenoxy) is 1. The fraction of sp³-hybridized carbons (Fsp3) is 0.286.